The molecule has 0 saturated carbocycles. The summed E-state index contributed by atoms with van der Waals surface area (Å²) < 4.78 is 82.1. The van der Waals surface area contributed by atoms with Crippen molar-refractivity contribution < 1.29 is 50.5 Å². The highest BCUT2D eigenvalue weighted by molar-refractivity contribution is 5.87. The fourth-order valence-corrected chi connectivity index (χ4v) is 2.45. The van der Waals surface area contributed by atoms with Crippen molar-refractivity contribution in [2.24, 2.45) is 0 Å². The van der Waals surface area contributed by atoms with Crippen LogP contribution in [0.1, 0.15) is 46.6 Å². The van der Waals surface area contributed by atoms with Gasteiger partial charge in [-0.2, -0.15) is 8.78 Å². The maximum absolute atomic E-state index is 13.9. The molecule has 0 aliphatic carbocycles. The Morgan fingerprint density at radius 3 is 1.86 bits per heavy atom. The molecule has 0 bridgehead atoms. The Morgan fingerprint density at radius 2 is 1.36 bits per heavy atom. The zero-order chi connectivity index (χ0) is 27.6. The first-order valence-electron chi connectivity index (χ1n) is 10.7. The van der Waals surface area contributed by atoms with Crippen LogP contribution in [0.3, 0.4) is 0 Å². The average Bonchev–Trinajstić information content (AvgIpc) is 2.83. The molecule has 2 aromatic carbocycles. The van der Waals surface area contributed by atoms with E-state index >= 15 is 0 Å². The van der Waals surface area contributed by atoms with Gasteiger partial charge in [0.15, 0.2) is 0 Å². The molecule has 198 valence electrons. The molecule has 0 aromatic heterocycles. The molecular weight excluding hydrogens is 493 g/mol. The lowest BCUT2D eigenvalue weighted by molar-refractivity contribution is -0.149. The van der Waals surface area contributed by atoms with Crippen LogP contribution in [-0.4, -0.2) is 29.7 Å². The summed E-state index contributed by atoms with van der Waals surface area (Å²) in [6.07, 6.45) is -2.12. The fourth-order valence-electron chi connectivity index (χ4n) is 2.45. The number of carbonyl (C=O) groups excluding carboxylic acids is 3. The summed E-state index contributed by atoms with van der Waals surface area (Å²) in [4.78, 5) is 36.7. The summed E-state index contributed by atoms with van der Waals surface area (Å²) in [6, 6.07) is 6.41. The monoisotopic (exact) mass is 519 g/mol. The van der Waals surface area contributed by atoms with Crippen LogP contribution in [0.4, 0.5) is 26.7 Å². The van der Waals surface area contributed by atoms with E-state index in [1.165, 1.54) is 20.8 Å². The summed E-state index contributed by atoms with van der Waals surface area (Å²) in [5.74, 6) is -16.6. The Morgan fingerprint density at radius 1 is 0.861 bits per heavy atom. The van der Waals surface area contributed by atoms with Gasteiger partial charge in [-0.05, 0) is 26.3 Å². The predicted molar refractivity (Wildman–Crippen MR) is 117 cm³/mol. The van der Waals surface area contributed by atoms with E-state index in [1.807, 2.05) is 19.2 Å². The van der Waals surface area contributed by atoms with Crippen molar-refractivity contribution in [3.05, 3.63) is 65.0 Å². The maximum atomic E-state index is 13.9. The smallest absolute Gasteiger partial charge is 0.408 e. The van der Waals surface area contributed by atoms with Gasteiger partial charge < -0.3 is 19.5 Å². The molecule has 0 heterocycles. The summed E-state index contributed by atoms with van der Waals surface area (Å²) in [5, 5.41) is 1.96. The van der Waals surface area contributed by atoms with Crippen molar-refractivity contribution in [3.63, 3.8) is 0 Å². The Bertz CT molecular complexity index is 1040. The highest BCUT2D eigenvalue weighted by Gasteiger charge is 2.33. The molecule has 1 amide bonds. The van der Waals surface area contributed by atoms with Crippen LogP contribution >= 0.6 is 0 Å². The summed E-state index contributed by atoms with van der Waals surface area (Å²) in [5.41, 5.74) is -0.440. The molecule has 1 N–H and O–H groups in total. The number of ether oxygens (including phenoxy) is 3. The van der Waals surface area contributed by atoms with Crippen molar-refractivity contribution in [2.45, 2.75) is 59.3 Å². The third kappa shape index (κ3) is 8.82. The van der Waals surface area contributed by atoms with Gasteiger partial charge in [-0.15, -0.1) is 0 Å². The van der Waals surface area contributed by atoms with Crippen LogP contribution in [-0.2, 0) is 25.7 Å². The van der Waals surface area contributed by atoms with Crippen molar-refractivity contribution in [1.82, 2.24) is 5.32 Å². The molecule has 1 atom stereocenters. The Hall–Kier alpha value is -3.70. The zero-order valence-corrected chi connectivity index (χ0v) is 20.2. The second kappa shape index (κ2) is 13.4. The van der Waals surface area contributed by atoms with E-state index in [4.69, 9.17) is 9.47 Å². The predicted octanol–water partition coefficient (Wildman–Crippen LogP) is 5.34. The van der Waals surface area contributed by atoms with Gasteiger partial charge in [0, 0.05) is 0 Å². The van der Waals surface area contributed by atoms with Crippen molar-refractivity contribution in [3.8, 4) is 5.75 Å². The molecule has 12 heteroatoms. The van der Waals surface area contributed by atoms with E-state index in [1.54, 1.807) is 30.3 Å². The van der Waals surface area contributed by atoms with E-state index in [0.717, 1.165) is 0 Å². The summed E-state index contributed by atoms with van der Waals surface area (Å²) >= 11 is 0. The van der Waals surface area contributed by atoms with Crippen molar-refractivity contribution in [2.75, 3.05) is 0 Å². The van der Waals surface area contributed by atoms with Crippen LogP contribution in [0.25, 0.3) is 0 Å². The standard InChI is InChI=1S/C22H20F5NO6.C2H6/c1-22(2,3)34-21(31)28-12(9-13(29)32-10-11-7-5-4-6-8-11)20(30)33-19-17(26)15(24)14(23)16(25)18(19)27;1-2/h4-8,12H,9-10H2,1-3H3,(H,28,31);1-2H3/t12-;/m1./s1. The molecule has 0 unspecified atom stereocenters. The molecule has 7 nitrogen and oxygen atoms in total. The highest BCUT2D eigenvalue weighted by atomic mass is 19.2. The lowest BCUT2D eigenvalue weighted by atomic mass is 10.2. The molecule has 0 aliphatic rings. The minimum absolute atomic E-state index is 0.203. The molecule has 0 aliphatic heterocycles. The SMILES string of the molecule is CC.CC(C)(C)OC(=O)N[C@H](CC(=O)OCc1ccccc1)C(=O)Oc1c(F)c(F)c(F)c(F)c1F. The number of amides is 1. The fraction of sp³-hybridized carbons (Fsp3) is 0.375. The minimum atomic E-state index is -2.46. The van der Waals surface area contributed by atoms with Gasteiger partial charge in [-0.1, -0.05) is 44.2 Å². The third-order valence-corrected chi connectivity index (χ3v) is 3.96. The van der Waals surface area contributed by atoms with Gasteiger partial charge in [0.25, 0.3) is 0 Å². The third-order valence-electron chi connectivity index (χ3n) is 3.96. The number of esters is 2. The normalized spacial score (nSPS) is 11.5. The van der Waals surface area contributed by atoms with E-state index < -0.39 is 70.9 Å². The lowest BCUT2D eigenvalue weighted by Gasteiger charge is -2.22. The van der Waals surface area contributed by atoms with Gasteiger partial charge in [0.05, 0.1) is 6.42 Å². The average molecular weight is 519 g/mol. The van der Waals surface area contributed by atoms with Crippen LogP contribution in [0.5, 0.6) is 5.75 Å². The van der Waals surface area contributed by atoms with Gasteiger partial charge in [-0.3, -0.25) is 4.79 Å². The summed E-state index contributed by atoms with van der Waals surface area (Å²) in [7, 11) is 0. The second-order valence-corrected chi connectivity index (χ2v) is 7.87. The number of nitrogens with one attached hydrogen (secondary N) is 1. The first kappa shape index (κ1) is 30.3. The maximum Gasteiger partial charge on any atom is 0.408 e. The van der Waals surface area contributed by atoms with E-state index in [-0.39, 0.29) is 6.61 Å². The van der Waals surface area contributed by atoms with Gasteiger partial charge >= 0.3 is 18.0 Å². The zero-order valence-electron chi connectivity index (χ0n) is 20.2. The second-order valence-electron chi connectivity index (χ2n) is 7.87. The van der Waals surface area contributed by atoms with Gasteiger partial charge in [0.2, 0.25) is 34.8 Å². The minimum Gasteiger partial charge on any atom is -0.461 e. The first-order chi connectivity index (χ1) is 16.8. The molecule has 0 fully saturated rings. The van der Waals surface area contributed by atoms with E-state index in [2.05, 4.69) is 4.74 Å². The molecular formula is C24H26F5NO6. The summed E-state index contributed by atoms with van der Waals surface area (Å²) in [6.45, 7) is 8.26. The van der Waals surface area contributed by atoms with Gasteiger partial charge in [0.1, 0.15) is 18.2 Å². The highest BCUT2D eigenvalue weighted by Crippen LogP contribution is 2.29. The molecule has 2 aromatic rings. The topological polar surface area (TPSA) is 90.9 Å². The van der Waals surface area contributed by atoms with Gasteiger partial charge in [-0.25, -0.2) is 22.8 Å². The molecule has 2 rings (SSSR count). The molecule has 36 heavy (non-hydrogen) atoms. The number of benzene rings is 2. The Kier molecular flexibility index (Phi) is 11.3. The number of alkyl carbamates (subject to hydrolysis) is 1. The number of hydrogen-bond acceptors (Lipinski definition) is 6. The lowest BCUT2D eigenvalue weighted by Crippen LogP contribution is -2.46. The van der Waals surface area contributed by atoms with Crippen LogP contribution in [0.15, 0.2) is 30.3 Å². The Labute approximate surface area is 204 Å². The van der Waals surface area contributed by atoms with Crippen LogP contribution < -0.4 is 10.1 Å². The van der Waals surface area contributed by atoms with Crippen molar-refractivity contribution >= 4 is 18.0 Å². The van der Waals surface area contributed by atoms with E-state index in [0.29, 0.717) is 5.56 Å². The quantitative estimate of drug-likeness (QED) is 0.175. The number of halogens is 5. The number of hydrogen-bond donors (Lipinski definition) is 1. The van der Waals surface area contributed by atoms with Crippen molar-refractivity contribution in [1.29, 1.82) is 0 Å². The Balaban J connectivity index is 0.00000316. The first-order valence-corrected chi connectivity index (χ1v) is 10.7. The van der Waals surface area contributed by atoms with E-state index in [9.17, 15) is 36.3 Å². The van der Waals surface area contributed by atoms with Crippen LogP contribution in [0, 0.1) is 29.1 Å². The number of carbonyl (C=O) groups is 3. The largest absolute Gasteiger partial charge is 0.461 e. The van der Waals surface area contributed by atoms with Crippen LogP contribution in [0.2, 0.25) is 0 Å². The number of rotatable bonds is 7. The molecule has 0 saturated heterocycles. The molecule has 0 radical (unpaired) electrons. The molecule has 0 spiro atoms.